The van der Waals surface area contributed by atoms with Crippen LogP contribution in [-0.2, 0) is 11.3 Å². The standard InChI is InChI=1S/C27H31ClN8O3/c1-15-4-6-17(7-5-15)13-36-24-20(31-26(36)35-14-22(37)34(3)12-16(35)2)9-21(25-32-27(38)39-33-25)30-23(24)18-8-19(28)11-29-10-18/h8-11,15-17H,4-7,12-14H2,1-3H3,(H,32,33,38)/t15?,16-,17?/m1/s1. The molecule has 0 bridgehead atoms. The average Bonchev–Trinajstić information content (AvgIpc) is 3.50. The van der Waals surface area contributed by atoms with E-state index < -0.39 is 5.76 Å². The summed E-state index contributed by atoms with van der Waals surface area (Å²) >= 11 is 6.35. The largest absolute Gasteiger partial charge is 0.439 e. The number of aromatic amines is 1. The number of likely N-dealkylation sites (N-methyl/N-ethyl adjacent to an activating group) is 1. The molecule has 0 aromatic carbocycles. The molecule has 1 N–H and O–H groups in total. The first-order valence-electron chi connectivity index (χ1n) is 13.4. The van der Waals surface area contributed by atoms with E-state index in [1.54, 1.807) is 23.4 Å². The Morgan fingerprint density at radius 2 is 1.90 bits per heavy atom. The van der Waals surface area contributed by atoms with Gasteiger partial charge in [0.1, 0.15) is 12.2 Å². The molecule has 1 aliphatic carbocycles. The van der Waals surface area contributed by atoms with Crippen molar-refractivity contribution < 1.29 is 9.32 Å². The molecule has 0 spiro atoms. The first-order chi connectivity index (χ1) is 18.8. The lowest BCUT2D eigenvalue weighted by molar-refractivity contribution is -0.130. The summed E-state index contributed by atoms with van der Waals surface area (Å²) in [6, 6.07) is 3.69. The maximum atomic E-state index is 12.8. The number of piperazine rings is 1. The molecule has 39 heavy (non-hydrogen) atoms. The monoisotopic (exact) mass is 550 g/mol. The number of carbonyl (C=O) groups excluding carboxylic acids is 1. The number of nitrogens with one attached hydrogen (secondary N) is 1. The second-order valence-electron chi connectivity index (χ2n) is 11.0. The summed E-state index contributed by atoms with van der Waals surface area (Å²) in [5.41, 5.74) is 3.26. The van der Waals surface area contributed by atoms with Gasteiger partial charge >= 0.3 is 5.76 Å². The number of carbonyl (C=O) groups is 1. The number of rotatable bonds is 5. The van der Waals surface area contributed by atoms with Gasteiger partial charge < -0.3 is 14.4 Å². The molecule has 12 heteroatoms. The molecule has 1 amide bonds. The van der Waals surface area contributed by atoms with Crippen molar-refractivity contribution in [3.8, 4) is 22.8 Å². The number of fused-ring (bicyclic) bond motifs is 1. The summed E-state index contributed by atoms with van der Waals surface area (Å²) in [6.07, 6.45) is 7.95. The number of aromatic nitrogens is 6. The number of imidazole rings is 1. The van der Waals surface area contributed by atoms with E-state index in [9.17, 15) is 9.59 Å². The Morgan fingerprint density at radius 3 is 2.62 bits per heavy atom. The van der Waals surface area contributed by atoms with E-state index >= 15 is 0 Å². The highest BCUT2D eigenvalue weighted by Crippen LogP contribution is 2.37. The van der Waals surface area contributed by atoms with Crippen LogP contribution in [0.5, 0.6) is 0 Å². The zero-order chi connectivity index (χ0) is 27.3. The predicted molar refractivity (Wildman–Crippen MR) is 147 cm³/mol. The Labute approximate surface area is 230 Å². The lowest BCUT2D eigenvalue weighted by atomic mass is 9.83. The minimum absolute atomic E-state index is 0.0523. The lowest BCUT2D eigenvalue weighted by Gasteiger charge is -2.39. The average molecular weight is 551 g/mol. The molecule has 4 aromatic rings. The van der Waals surface area contributed by atoms with E-state index in [1.165, 1.54) is 12.8 Å². The maximum absolute atomic E-state index is 12.8. The molecular weight excluding hydrogens is 520 g/mol. The molecule has 0 unspecified atom stereocenters. The van der Waals surface area contributed by atoms with Crippen LogP contribution >= 0.6 is 11.6 Å². The molecule has 2 aliphatic rings. The van der Waals surface area contributed by atoms with Crippen LogP contribution in [0.15, 0.2) is 33.8 Å². The van der Waals surface area contributed by atoms with Crippen LogP contribution in [0.1, 0.15) is 39.5 Å². The van der Waals surface area contributed by atoms with Gasteiger partial charge in [-0.05, 0) is 43.7 Å². The fourth-order valence-electron chi connectivity index (χ4n) is 5.80. The normalized spacial score (nSPS) is 22.2. The zero-order valence-corrected chi connectivity index (χ0v) is 23.0. The van der Waals surface area contributed by atoms with E-state index in [4.69, 9.17) is 26.1 Å². The second kappa shape index (κ2) is 10.1. The third-order valence-electron chi connectivity index (χ3n) is 8.00. The van der Waals surface area contributed by atoms with Crippen LogP contribution in [0.4, 0.5) is 5.95 Å². The Kier molecular flexibility index (Phi) is 6.62. The van der Waals surface area contributed by atoms with Gasteiger partial charge in [-0.1, -0.05) is 36.5 Å². The Balaban J connectivity index is 1.58. The minimum atomic E-state index is -0.666. The van der Waals surface area contributed by atoms with E-state index in [-0.39, 0.29) is 24.3 Å². The molecule has 6 rings (SSSR count). The smallest absolute Gasteiger partial charge is 0.342 e. The number of H-pyrrole nitrogens is 1. The van der Waals surface area contributed by atoms with Gasteiger partial charge in [0.2, 0.25) is 17.7 Å². The van der Waals surface area contributed by atoms with Crippen LogP contribution in [-0.4, -0.2) is 66.6 Å². The van der Waals surface area contributed by atoms with Gasteiger partial charge in [-0.25, -0.2) is 14.8 Å². The molecule has 5 heterocycles. The lowest BCUT2D eigenvalue weighted by Crippen LogP contribution is -2.54. The first-order valence-corrected chi connectivity index (χ1v) is 13.7. The van der Waals surface area contributed by atoms with Gasteiger partial charge in [-0.3, -0.25) is 19.3 Å². The molecule has 0 radical (unpaired) electrons. The number of pyridine rings is 2. The van der Waals surface area contributed by atoms with Crippen LogP contribution in [0.2, 0.25) is 5.02 Å². The molecule has 1 saturated carbocycles. The van der Waals surface area contributed by atoms with Gasteiger partial charge in [-0.2, -0.15) is 0 Å². The van der Waals surface area contributed by atoms with E-state index in [1.807, 2.05) is 13.1 Å². The highest BCUT2D eigenvalue weighted by atomic mass is 35.5. The van der Waals surface area contributed by atoms with Gasteiger partial charge in [0.15, 0.2) is 0 Å². The third kappa shape index (κ3) is 4.91. The molecule has 2 fully saturated rings. The summed E-state index contributed by atoms with van der Waals surface area (Å²) in [6.45, 7) is 6.04. The summed E-state index contributed by atoms with van der Waals surface area (Å²) in [7, 11) is 1.83. The van der Waals surface area contributed by atoms with Crippen LogP contribution < -0.4 is 10.7 Å². The summed E-state index contributed by atoms with van der Waals surface area (Å²) in [5.74, 6) is 1.54. The fraction of sp³-hybridized carbons (Fsp3) is 0.481. The van der Waals surface area contributed by atoms with Crippen molar-refractivity contribution in [3.05, 3.63) is 40.1 Å². The molecule has 1 saturated heterocycles. The van der Waals surface area contributed by atoms with Crippen molar-refractivity contribution in [1.29, 1.82) is 0 Å². The minimum Gasteiger partial charge on any atom is -0.342 e. The number of hydrogen-bond donors (Lipinski definition) is 1. The maximum Gasteiger partial charge on any atom is 0.439 e. The van der Waals surface area contributed by atoms with E-state index in [2.05, 4.69) is 38.4 Å². The Hall–Kier alpha value is -3.73. The number of nitrogens with zero attached hydrogens (tertiary/aromatic N) is 7. The van der Waals surface area contributed by atoms with Gasteiger partial charge in [-0.15, -0.1) is 0 Å². The van der Waals surface area contributed by atoms with Gasteiger partial charge in [0.05, 0.1) is 21.7 Å². The summed E-state index contributed by atoms with van der Waals surface area (Å²) < 4.78 is 6.98. The number of hydrogen-bond acceptors (Lipinski definition) is 8. The van der Waals surface area contributed by atoms with Crippen LogP contribution in [0.3, 0.4) is 0 Å². The van der Waals surface area contributed by atoms with Crippen molar-refractivity contribution in [3.63, 3.8) is 0 Å². The first kappa shape index (κ1) is 25.5. The quantitative estimate of drug-likeness (QED) is 0.395. The van der Waals surface area contributed by atoms with Gasteiger partial charge in [0.25, 0.3) is 0 Å². The van der Waals surface area contributed by atoms with E-state index in [0.717, 1.165) is 36.8 Å². The number of halogens is 1. The van der Waals surface area contributed by atoms with Crippen molar-refractivity contribution in [1.82, 2.24) is 34.6 Å². The summed E-state index contributed by atoms with van der Waals surface area (Å²) in [4.78, 5) is 45.3. The predicted octanol–water partition coefficient (Wildman–Crippen LogP) is 3.98. The topological polar surface area (TPSA) is 126 Å². The second-order valence-corrected chi connectivity index (χ2v) is 11.4. The molecule has 1 aliphatic heterocycles. The zero-order valence-electron chi connectivity index (χ0n) is 22.2. The third-order valence-corrected chi connectivity index (χ3v) is 8.21. The summed E-state index contributed by atoms with van der Waals surface area (Å²) in [5, 5.41) is 4.33. The molecule has 1 atom stereocenters. The highest BCUT2D eigenvalue weighted by Gasteiger charge is 2.33. The number of amides is 1. The molecular formula is C27H31ClN8O3. The van der Waals surface area contributed by atoms with Crippen molar-refractivity contribution in [2.75, 3.05) is 25.0 Å². The fourth-order valence-corrected chi connectivity index (χ4v) is 5.97. The van der Waals surface area contributed by atoms with Crippen LogP contribution in [0, 0.1) is 11.8 Å². The number of anilines is 1. The molecule has 4 aromatic heterocycles. The van der Waals surface area contributed by atoms with Crippen LogP contribution in [0.25, 0.3) is 33.8 Å². The SMILES string of the molecule is CC1CCC(Cn2c(N3CC(=O)N(C)C[C@H]3C)nc3cc(-c4noc(=O)[nH]4)nc(-c4cncc(Cl)c4)c32)CC1. The Morgan fingerprint density at radius 1 is 1.10 bits per heavy atom. The van der Waals surface area contributed by atoms with Gasteiger partial charge in [0, 0.05) is 44.1 Å². The van der Waals surface area contributed by atoms with Crippen molar-refractivity contribution in [2.24, 2.45) is 11.8 Å². The molecule has 204 valence electrons. The molecule has 11 nitrogen and oxygen atoms in total. The Bertz CT molecular complexity index is 1590. The van der Waals surface area contributed by atoms with Crippen molar-refractivity contribution >= 4 is 34.5 Å². The van der Waals surface area contributed by atoms with Crippen molar-refractivity contribution in [2.45, 2.75) is 52.1 Å². The van der Waals surface area contributed by atoms with E-state index in [0.29, 0.717) is 40.0 Å². The highest BCUT2D eigenvalue weighted by molar-refractivity contribution is 6.30.